The predicted molar refractivity (Wildman–Crippen MR) is 70.7 cm³/mol. The van der Waals surface area contributed by atoms with Crippen molar-refractivity contribution in [1.29, 1.82) is 0 Å². The highest BCUT2D eigenvalue weighted by Crippen LogP contribution is 2.13. The molecule has 5 heteroatoms. The SMILES string of the molecule is CCNc1ccc(C(=O)Nc2ccsc2)cn1. The number of aromatic nitrogens is 1. The Morgan fingerprint density at radius 3 is 2.88 bits per heavy atom. The van der Waals surface area contributed by atoms with Crippen molar-refractivity contribution >= 4 is 28.7 Å². The summed E-state index contributed by atoms with van der Waals surface area (Å²) in [5, 5.41) is 9.68. The Kier molecular flexibility index (Phi) is 3.72. The number of carbonyl (C=O) groups excluding carboxylic acids is 1. The molecule has 0 aromatic carbocycles. The first-order chi connectivity index (χ1) is 8.29. The zero-order valence-corrected chi connectivity index (χ0v) is 10.3. The maximum absolute atomic E-state index is 11.8. The van der Waals surface area contributed by atoms with Crippen LogP contribution in [-0.4, -0.2) is 17.4 Å². The summed E-state index contributed by atoms with van der Waals surface area (Å²) in [6, 6.07) is 5.42. The van der Waals surface area contributed by atoms with Gasteiger partial charge in [0.2, 0.25) is 0 Å². The second-order valence-corrected chi connectivity index (χ2v) is 4.21. The van der Waals surface area contributed by atoms with Gasteiger partial charge in [-0.3, -0.25) is 4.79 Å². The smallest absolute Gasteiger partial charge is 0.257 e. The van der Waals surface area contributed by atoms with E-state index in [0.717, 1.165) is 18.1 Å². The van der Waals surface area contributed by atoms with Crippen molar-refractivity contribution in [2.24, 2.45) is 0 Å². The van der Waals surface area contributed by atoms with Crippen molar-refractivity contribution in [1.82, 2.24) is 4.98 Å². The van der Waals surface area contributed by atoms with Gasteiger partial charge >= 0.3 is 0 Å². The van der Waals surface area contributed by atoms with Crippen LogP contribution in [0, 0.1) is 0 Å². The average molecular weight is 247 g/mol. The molecule has 2 N–H and O–H groups in total. The van der Waals surface area contributed by atoms with Gasteiger partial charge in [-0.05, 0) is 30.5 Å². The fourth-order valence-corrected chi connectivity index (χ4v) is 1.94. The molecule has 1 amide bonds. The molecule has 0 aliphatic rings. The molecule has 0 atom stereocenters. The second-order valence-electron chi connectivity index (χ2n) is 3.43. The fourth-order valence-electron chi connectivity index (χ4n) is 1.35. The highest BCUT2D eigenvalue weighted by atomic mass is 32.1. The standard InChI is InChI=1S/C12H13N3OS/c1-2-13-11-4-3-9(7-14-11)12(16)15-10-5-6-17-8-10/h3-8H,2H2,1H3,(H,13,14)(H,15,16). The molecule has 0 aliphatic carbocycles. The number of nitrogens with zero attached hydrogens (tertiary/aromatic N) is 1. The number of carbonyl (C=O) groups is 1. The summed E-state index contributed by atoms with van der Waals surface area (Å²) in [4.78, 5) is 16.0. The molecule has 2 aromatic heterocycles. The van der Waals surface area contributed by atoms with Crippen molar-refractivity contribution < 1.29 is 4.79 Å². The molecule has 4 nitrogen and oxygen atoms in total. The topological polar surface area (TPSA) is 54.0 Å². The summed E-state index contributed by atoms with van der Waals surface area (Å²) in [5.41, 5.74) is 1.37. The number of rotatable bonds is 4. The van der Waals surface area contributed by atoms with Crippen LogP contribution in [0.3, 0.4) is 0 Å². The highest BCUT2D eigenvalue weighted by molar-refractivity contribution is 7.08. The summed E-state index contributed by atoms with van der Waals surface area (Å²) >= 11 is 1.55. The zero-order chi connectivity index (χ0) is 12.1. The van der Waals surface area contributed by atoms with E-state index in [1.807, 2.05) is 23.8 Å². The van der Waals surface area contributed by atoms with Crippen LogP contribution < -0.4 is 10.6 Å². The molecule has 0 radical (unpaired) electrons. The molecule has 0 spiro atoms. The third-order valence-corrected chi connectivity index (χ3v) is 2.85. The minimum atomic E-state index is -0.140. The first-order valence-corrected chi connectivity index (χ1v) is 6.27. The lowest BCUT2D eigenvalue weighted by molar-refractivity contribution is 0.102. The monoisotopic (exact) mass is 247 g/mol. The molecule has 0 aliphatic heterocycles. The molecule has 0 fully saturated rings. The third kappa shape index (κ3) is 3.04. The summed E-state index contributed by atoms with van der Waals surface area (Å²) in [7, 11) is 0. The Labute approximate surface area is 104 Å². The molecule has 0 saturated heterocycles. The van der Waals surface area contributed by atoms with Crippen LogP contribution in [0.15, 0.2) is 35.2 Å². The van der Waals surface area contributed by atoms with E-state index in [9.17, 15) is 4.79 Å². The van der Waals surface area contributed by atoms with E-state index < -0.39 is 0 Å². The van der Waals surface area contributed by atoms with E-state index in [1.165, 1.54) is 0 Å². The summed E-state index contributed by atoms with van der Waals surface area (Å²) < 4.78 is 0. The van der Waals surface area contributed by atoms with Crippen molar-refractivity contribution in [3.05, 3.63) is 40.7 Å². The molecule has 17 heavy (non-hydrogen) atoms. The van der Waals surface area contributed by atoms with Gasteiger partial charge in [0.15, 0.2) is 0 Å². The maximum Gasteiger partial charge on any atom is 0.257 e. The number of nitrogens with one attached hydrogen (secondary N) is 2. The van der Waals surface area contributed by atoms with Gasteiger partial charge < -0.3 is 10.6 Å². The lowest BCUT2D eigenvalue weighted by Crippen LogP contribution is -2.11. The maximum atomic E-state index is 11.8. The van der Waals surface area contributed by atoms with E-state index >= 15 is 0 Å². The van der Waals surface area contributed by atoms with E-state index in [0.29, 0.717) is 5.56 Å². The molecular formula is C12H13N3OS. The van der Waals surface area contributed by atoms with Crippen LogP contribution in [0.25, 0.3) is 0 Å². The molecule has 2 heterocycles. The zero-order valence-electron chi connectivity index (χ0n) is 9.43. The minimum absolute atomic E-state index is 0.140. The van der Waals surface area contributed by atoms with Crippen molar-refractivity contribution in [3.63, 3.8) is 0 Å². The molecule has 88 valence electrons. The normalized spacial score (nSPS) is 9.94. The van der Waals surface area contributed by atoms with Gasteiger partial charge in [0, 0.05) is 18.1 Å². The summed E-state index contributed by atoms with van der Waals surface area (Å²) in [6.07, 6.45) is 1.57. The number of pyridine rings is 1. The van der Waals surface area contributed by atoms with Crippen LogP contribution in [0.4, 0.5) is 11.5 Å². The molecule has 0 saturated carbocycles. The van der Waals surface area contributed by atoms with Gasteiger partial charge in [0.05, 0.1) is 11.3 Å². The molecule has 2 rings (SSSR count). The van der Waals surface area contributed by atoms with Crippen LogP contribution in [0.2, 0.25) is 0 Å². The first-order valence-electron chi connectivity index (χ1n) is 5.33. The number of thiophene rings is 1. The quantitative estimate of drug-likeness (QED) is 0.873. The van der Waals surface area contributed by atoms with Crippen LogP contribution in [0.5, 0.6) is 0 Å². The molecule has 2 aromatic rings. The Morgan fingerprint density at radius 2 is 2.29 bits per heavy atom. The summed E-state index contributed by atoms with van der Waals surface area (Å²) in [5.74, 6) is 0.638. The number of hydrogen-bond acceptors (Lipinski definition) is 4. The van der Waals surface area contributed by atoms with E-state index in [2.05, 4.69) is 15.6 Å². The van der Waals surface area contributed by atoms with Crippen LogP contribution in [-0.2, 0) is 0 Å². The van der Waals surface area contributed by atoms with Crippen LogP contribution in [0.1, 0.15) is 17.3 Å². The molecule has 0 unspecified atom stereocenters. The van der Waals surface area contributed by atoms with Gasteiger partial charge in [0.25, 0.3) is 5.91 Å². The third-order valence-electron chi connectivity index (χ3n) is 2.16. The van der Waals surface area contributed by atoms with Crippen molar-refractivity contribution in [3.8, 4) is 0 Å². The van der Waals surface area contributed by atoms with Crippen LogP contribution >= 0.6 is 11.3 Å². The van der Waals surface area contributed by atoms with Gasteiger partial charge in [-0.15, -0.1) is 0 Å². The predicted octanol–water partition coefficient (Wildman–Crippen LogP) is 2.83. The van der Waals surface area contributed by atoms with E-state index in [-0.39, 0.29) is 5.91 Å². The highest BCUT2D eigenvalue weighted by Gasteiger charge is 2.06. The average Bonchev–Trinajstić information content (AvgIpc) is 2.83. The van der Waals surface area contributed by atoms with Crippen molar-refractivity contribution in [2.75, 3.05) is 17.2 Å². The second kappa shape index (κ2) is 5.45. The lowest BCUT2D eigenvalue weighted by atomic mass is 10.2. The fraction of sp³-hybridized carbons (Fsp3) is 0.167. The molecular weight excluding hydrogens is 234 g/mol. The molecule has 0 bridgehead atoms. The van der Waals surface area contributed by atoms with E-state index in [1.54, 1.807) is 29.7 Å². The Morgan fingerprint density at radius 1 is 1.41 bits per heavy atom. The van der Waals surface area contributed by atoms with Gasteiger partial charge in [-0.1, -0.05) is 0 Å². The van der Waals surface area contributed by atoms with E-state index in [4.69, 9.17) is 0 Å². The number of hydrogen-bond donors (Lipinski definition) is 2. The summed E-state index contributed by atoms with van der Waals surface area (Å²) in [6.45, 7) is 2.81. The van der Waals surface area contributed by atoms with Gasteiger partial charge in [-0.25, -0.2) is 4.98 Å². The van der Waals surface area contributed by atoms with Gasteiger partial charge in [0.1, 0.15) is 5.82 Å². The number of anilines is 2. The first kappa shape index (κ1) is 11.6. The van der Waals surface area contributed by atoms with Crippen molar-refractivity contribution in [2.45, 2.75) is 6.92 Å². The largest absolute Gasteiger partial charge is 0.370 e. The Balaban J connectivity index is 2.04. The number of amides is 1. The lowest BCUT2D eigenvalue weighted by Gasteiger charge is -2.04. The van der Waals surface area contributed by atoms with Gasteiger partial charge in [-0.2, -0.15) is 11.3 Å². The Bertz CT molecular complexity index is 479. The minimum Gasteiger partial charge on any atom is -0.370 e. The Hall–Kier alpha value is -1.88.